The van der Waals surface area contributed by atoms with Crippen LogP contribution in [0.5, 0.6) is 0 Å². The number of carbonyl (C=O) groups is 1. The number of amides is 1. The van der Waals surface area contributed by atoms with E-state index in [2.05, 4.69) is 4.98 Å². The first-order valence-corrected chi connectivity index (χ1v) is 8.31. The van der Waals surface area contributed by atoms with Gasteiger partial charge in [0.1, 0.15) is 5.82 Å². The number of nitrogens with zero attached hydrogens (tertiary/aromatic N) is 2. The summed E-state index contributed by atoms with van der Waals surface area (Å²) in [5, 5.41) is 0.855. The smallest absolute Gasteiger partial charge is 0.233 e. The molecule has 22 heavy (non-hydrogen) atoms. The number of pyridine rings is 1. The zero-order chi connectivity index (χ0) is 15.4. The van der Waals surface area contributed by atoms with E-state index < -0.39 is 0 Å². The number of carbonyl (C=O) groups excluding carboxylic acids is 1. The van der Waals surface area contributed by atoms with Crippen molar-refractivity contribution < 1.29 is 9.18 Å². The van der Waals surface area contributed by atoms with Crippen molar-refractivity contribution in [3.63, 3.8) is 0 Å². The monoisotopic (exact) mass is 316 g/mol. The molecule has 0 spiro atoms. The number of halogens is 1. The standard InChI is InChI=1S/C17H17FN2OS/c18-14-8-6-13(7-9-14)15-4-3-11-20(15)17(21)12-22-16-5-1-2-10-19-16/h1-2,5-10,15H,3-4,11-12H2. The molecule has 0 bridgehead atoms. The molecule has 2 aromatic rings. The van der Waals surface area contributed by atoms with Crippen LogP contribution in [0.3, 0.4) is 0 Å². The fraction of sp³-hybridized carbons (Fsp3) is 0.294. The number of rotatable bonds is 4. The molecule has 1 fully saturated rings. The molecule has 1 amide bonds. The fourth-order valence-corrected chi connectivity index (χ4v) is 3.50. The van der Waals surface area contributed by atoms with E-state index in [0.29, 0.717) is 5.75 Å². The quantitative estimate of drug-likeness (QED) is 0.807. The number of likely N-dealkylation sites (tertiary alicyclic amines) is 1. The summed E-state index contributed by atoms with van der Waals surface area (Å²) in [6.45, 7) is 0.768. The number of thioether (sulfide) groups is 1. The van der Waals surface area contributed by atoms with Gasteiger partial charge in [0.05, 0.1) is 16.8 Å². The topological polar surface area (TPSA) is 33.2 Å². The number of aromatic nitrogens is 1. The van der Waals surface area contributed by atoms with E-state index in [1.807, 2.05) is 23.1 Å². The van der Waals surface area contributed by atoms with Crippen LogP contribution in [-0.4, -0.2) is 28.1 Å². The van der Waals surface area contributed by atoms with E-state index in [1.165, 1.54) is 23.9 Å². The van der Waals surface area contributed by atoms with E-state index in [0.717, 1.165) is 30.0 Å². The zero-order valence-electron chi connectivity index (χ0n) is 12.1. The van der Waals surface area contributed by atoms with Crippen LogP contribution in [-0.2, 0) is 4.79 Å². The highest BCUT2D eigenvalue weighted by Crippen LogP contribution is 2.32. The van der Waals surface area contributed by atoms with E-state index in [9.17, 15) is 9.18 Å². The number of hydrogen-bond donors (Lipinski definition) is 0. The molecule has 0 aliphatic carbocycles. The van der Waals surface area contributed by atoms with Crippen LogP contribution in [0.15, 0.2) is 53.7 Å². The average Bonchev–Trinajstić information content (AvgIpc) is 3.04. The Morgan fingerprint density at radius 2 is 2.09 bits per heavy atom. The van der Waals surface area contributed by atoms with Gasteiger partial charge in [-0.05, 0) is 42.7 Å². The van der Waals surface area contributed by atoms with Gasteiger partial charge in [0.15, 0.2) is 0 Å². The highest BCUT2D eigenvalue weighted by Gasteiger charge is 2.29. The lowest BCUT2D eigenvalue weighted by molar-refractivity contribution is -0.129. The summed E-state index contributed by atoms with van der Waals surface area (Å²) in [5.41, 5.74) is 1.01. The Hall–Kier alpha value is -1.88. The summed E-state index contributed by atoms with van der Waals surface area (Å²) in [5.74, 6) is 0.252. The van der Waals surface area contributed by atoms with Crippen molar-refractivity contribution in [3.05, 3.63) is 60.0 Å². The van der Waals surface area contributed by atoms with Crippen molar-refractivity contribution in [3.8, 4) is 0 Å². The predicted molar refractivity (Wildman–Crippen MR) is 85.0 cm³/mol. The minimum absolute atomic E-state index is 0.0671. The van der Waals surface area contributed by atoms with Crippen molar-refractivity contribution in [1.82, 2.24) is 9.88 Å². The largest absolute Gasteiger partial charge is 0.335 e. The molecule has 1 aromatic heterocycles. The minimum Gasteiger partial charge on any atom is -0.335 e. The molecule has 2 heterocycles. The van der Waals surface area contributed by atoms with Gasteiger partial charge in [-0.25, -0.2) is 9.37 Å². The Kier molecular flexibility index (Phi) is 4.73. The molecule has 1 unspecified atom stereocenters. The van der Waals surface area contributed by atoms with Crippen molar-refractivity contribution in [2.75, 3.05) is 12.3 Å². The Morgan fingerprint density at radius 3 is 2.82 bits per heavy atom. The van der Waals surface area contributed by atoms with E-state index in [4.69, 9.17) is 0 Å². The third kappa shape index (κ3) is 3.47. The number of hydrogen-bond acceptors (Lipinski definition) is 3. The molecule has 0 N–H and O–H groups in total. The Labute approximate surface area is 133 Å². The molecule has 1 aromatic carbocycles. The Balaban J connectivity index is 1.65. The maximum Gasteiger partial charge on any atom is 0.233 e. The van der Waals surface area contributed by atoms with Crippen LogP contribution in [0.2, 0.25) is 0 Å². The molecular formula is C17H17FN2OS. The van der Waals surface area contributed by atoms with E-state index >= 15 is 0 Å². The second-order valence-corrected chi connectivity index (χ2v) is 6.25. The fourth-order valence-electron chi connectivity index (χ4n) is 2.75. The van der Waals surface area contributed by atoms with Crippen molar-refractivity contribution >= 4 is 17.7 Å². The second-order valence-electron chi connectivity index (χ2n) is 5.25. The minimum atomic E-state index is -0.245. The van der Waals surface area contributed by atoms with Crippen molar-refractivity contribution in [2.45, 2.75) is 23.9 Å². The van der Waals surface area contributed by atoms with Crippen LogP contribution >= 0.6 is 11.8 Å². The van der Waals surface area contributed by atoms with Gasteiger partial charge in [-0.2, -0.15) is 0 Å². The Bertz CT molecular complexity index is 633. The SMILES string of the molecule is O=C(CSc1ccccn1)N1CCCC1c1ccc(F)cc1. The molecule has 0 saturated carbocycles. The lowest BCUT2D eigenvalue weighted by Gasteiger charge is -2.25. The molecule has 1 aliphatic heterocycles. The molecule has 1 atom stereocenters. The van der Waals surface area contributed by atoms with Gasteiger partial charge in [-0.1, -0.05) is 30.0 Å². The van der Waals surface area contributed by atoms with Gasteiger partial charge < -0.3 is 4.90 Å². The maximum atomic E-state index is 13.0. The number of benzene rings is 1. The van der Waals surface area contributed by atoms with Crippen LogP contribution in [0.4, 0.5) is 4.39 Å². The zero-order valence-corrected chi connectivity index (χ0v) is 12.9. The van der Waals surface area contributed by atoms with Crippen LogP contribution in [0.25, 0.3) is 0 Å². The summed E-state index contributed by atoms with van der Waals surface area (Å²) in [4.78, 5) is 18.6. The van der Waals surface area contributed by atoms with Crippen LogP contribution < -0.4 is 0 Å². The average molecular weight is 316 g/mol. The highest BCUT2D eigenvalue weighted by molar-refractivity contribution is 7.99. The third-order valence-electron chi connectivity index (χ3n) is 3.81. The first-order valence-electron chi connectivity index (χ1n) is 7.33. The summed E-state index contributed by atoms with van der Waals surface area (Å²) >= 11 is 1.45. The summed E-state index contributed by atoms with van der Waals surface area (Å²) in [6, 6.07) is 12.2. The molecule has 0 radical (unpaired) electrons. The predicted octanol–water partition coefficient (Wildman–Crippen LogP) is 3.68. The lowest BCUT2D eigenvalue weighted by Crippen LogP contribution is -2.32. The highest BCUT2D eigenvalue weighted by atomic mass is 32.2. The van der Waals surface area contributed by atoms with Crippen molar-refractivity contribution in [1.29, 1.82) is 0 Å². The van der Waals surface area contributed by atoms with Crippen LogP contribution in [0, 0.1) is 5.82 Å². The van der Waals surface area contributed by atoms with Gasteiger partial charge in [0, 0.05) is 12.7 Å². The van der Waals surface area contributed by atoms with E-state index in [1.54, 1.807) is 18.3 Å². The van der Waals surface area contributed by atoms with E-state index in [-0.39, 0.29) is 17.8 Å². The van der Waals surface area contributed by atoms with Gasteiger partial charge in [0.2, 0.25) is 5.91 Å². The molecule has 3 rings (SSSR count). The summed E-state index contributed by atoms with van der Waals surface area (Å²) < 4.78 is 13.0. The van der Waals surface area contributed by atoms with Crippen molar-refractivity contribution in [2.24, 2.45) is 0 Å². The van der Waals surface area contributed by atoms with Gasteiger partial charge in [0.25, 0.3) is 0 Å². The lowest BCUT2D eigenvalue weighted by atomic mass is 10.0. The molecule has 3 nitrogen and oxygen atoms in total. The first-order chi connectivity index (χ1) is 10.7. The van der Waals surface area contributed by atoms with Gasteiger partial charge in [-0.15, -0.1) is 0 Å². The molecule has 1 aliphatic rings. The van der Waals surface area contributed by atoms with Gasteiger partial charge >= 0.3 is 0 Å². The molecular weight excluding hydrogens is 299 g/mol. The summed E-state index contributed by atoms with van der Waals surface area (Å²) in [6.07, 6.45) is 3.65. The Morgan fingerprint density at radius 1 is 1.27 bits per heavy atom. The van der Waals surface area contributed by atoms with Crippen LogP contribution in [0.1, 0.15) is 24.4 Å². The normalized spacial score (nSPS) is 17.7. The second kappa shape index (κ2) is 6.92. The molecule has 5 heteroatoms. The maximum absolute atomic E-state index is 13.0. The summed E-state index contributed by atoms with van der Waals surface area (Å²) in [7, 11) is 0. The third-order valence-corrected chi connectivity index (χ3v) is 4.74. The van der Waals surface area contributed by atoms with Gasteiger partial charge in [-0.3, -0.25) is 4.79 Å². The first kappa shape index (κ1) is 15.0. The molecule has 1 saturated heterocycles. The molecule has 114 valence electrons.